The van der Waals surface area contributed by atoms with Gasteiger partial charge in [-0.25, -0.2) is 4.68 Å². The van der Waals surface area contributed by atoms with Crippen molar-refractivity contribution in [2.24, 2.45) is 5.73 Å². The van der Waals surface area contributed by atoms with E-state index in [-0.39, 0.29) is 5.91 Å². The predicted molar refractivity (Wildman–Crippen MR) is 137 cm³/mol. The number of carbonyl (C=O) groups excluding carboxylic acids is 2. The Labute approximate surface area is 211 Å². The molecule has 0 radical (unpaired) electrons. The van der Waals surface area contributed by atoms with E-state index < -0.39 is 5.91 Å². The Morgan fingerprint density at radius 1 is 0.943 bits per heavy atom. The molecule has 1 heterocycles. The molecule has 0 unspecified atom stereocenters. The fourth-order valence-corrected chi connectivity index (χ4v) is 4.49. The topological polar surface area (TPSA) is 99.2 Å². The van der Waals surface area contributed by atoms with Crippen molar-refractivity contribution in [3.63, 3.8) is 0 Å². The number of nitrogens with one attached hydrogen (secondary N) is 1. The van der Waals surface area contributed by atoms with Crippen LogP contribution in [-0.4, -0.2) is 21.6 Å². The van der Waals surface area contributed by atoms with Gasteiger partial charge in [-0.3, -0.25) is 9.59 Å². The number of hydrogen-bond acceptors (Lipinski definition) is 4. The van der Waals surface area contributed by atoms with Gasteiger partial charge in [-0.15, -0.1) is 0 Å². The Morgan fingerprint density at radius 3 is 2.43 bits per heavy atom. The van der Waals surface area contributed by atoms with Crippen LogP contribution in [0, 0.1) is 0 Å². The van der Waals surface area contributed by atoms with Crippen LogP contribution in [0.15, 0.2) is 77.3 Å². The maximum Gasteiger partial charge on any atom is 0.276 e. The number of amides is 2. The van der Waals surface area contributed by atoms with Gasteiger partial charge in [-0.05, 0) is 92.4 Å². The molecule has 1 aliphatic rings. The quantitative estimate of drug-likeness (QED) is 0.336. The van der Waals surface area contributed by atoms with E-state index in [4.69, 9.17) is 15.6 Å². The van der Waals surface area contributed by atoms with Gasteiger partial charge in [0.25, 0.3) is 5.91 Å². The van der Waals surface area contributed by atoms with Crippen LogP contribution in [0.2, 0.25) is 0 Å². The second-order valence-corrected chi connectivity index (χ2v) is 9.26. The SMILES string of the molecule is NC(=O)c1cccc(Oc2ccc(NC(=O)c3nn(-c4ccc(Br)cc4)c4c3CCCC4)cc2)c1. The molecule has 1 aromatic heterocycles. The molecule has 5 rings (SSSR count). The van der Waals surface area contributed by atoms with Crippen molar-refractivity contribution in [2.75, 3.05) is 5.32 Å². The molecule has 1 aliphatic carbocycles. The molecule has 0 saturated heterocycles. The van der Waals surface area contributed by atoms with Crippen LogP contribution >= 0.6 is 15.9 Å². The van der Waals surface area contributed by atoms with Crippen molar-refractivity contribution in [1.82, 2.24) is 9.78 Å². The number of benzene rings is 3. The second kappa shape index (κ2) is 9.76. The average molecular weight is 531 g/mol. The maximum atomic E-state index is 13.2. The van der Waals surface area contributed by atoms with Gasteiger partial charge in [0, 0.05) is 27.0 Å². The molecule has 176 valence electrons. The summed E-state index contributed by atoms with van der Waals surface area (Å²) in [5.41, 5.74) is 9.86. The molecule has 7 nitrogen and oxygen atoms in total. The molecule has 0 fully saturated rings. The Bertz CT molecular complexity index is 1400. The van der Waals surface area contributed by atoms with Crippen molar-refractivity contribution in [3.8, 4) is 17.2 Å². The summed E-state index contributed by atoms with van der Waals surface area (Å²) >= 11 is 3.47. The number of rotatable bonds is 6. The summed E-state index contributed by atoms with van der Waals surface area (Å²) in [4.78, 5) is 24.6. The lowest BCUT2D eigenvalue weighted by molar-refractivity contribution is 0.0996. The lowest BCUT2D eigenvalue weighted by atomic mass is 9.95. The van der Waals surface area contributed by atoms with Gasteiger partial charge in [0.05, 0.1) is 5.69 Å². The minimum Gasteiger partial charge on any atom is -0.457 e. The maximum absolute atomic E-state index is 13.2. The molecule has 0 bridgehead atoms. The number of primary amides is 1. The highest BCUT2D eigenvalue weighted by molar-refractivity contribution is 9.10. The largest absolute Gasteiger partial charge is 0.457 e. The third-order valence-electron chi connectivity index (χ3n) is 5.93. The number of ether oxygens (including phenoxy) is 1. The summed E-state index contributed by atoms with van der Waals surface area (Å²) in [6.07, 6.45) is 3.86. The highest BCUT2D eigenvalue weighted by atomic mass is 79.9. The fourth-order valence-electron chi connectivity index (χ4n) is 4.22. The van der Waals surface area contributed by atoms with Crippen LogP contribution in [0.5, 0.6) is 11.5 Å². The van der Waals surface area contributed by atoms with Crippen LogP contribution < -0.4 is 15.8 Å². The Balaban J connectivity index is 1.34. The first kappa shape index (κ1) is 22.9. The standard InChI is InChI=1S/C27H23BrN4O3/c28-18-8-12-20(13-9-18)32-24-7-2-1-6-23(24)25(31-32)27(34)30-19-10-14-21(15-11-19)35-22-5-3-4-17(16-22)26(29)33/h3-5,8-16H,1-2,6-7H2,(H2,29,33)(H,30,34). The number of nitrogens with zero attached hydrogens (tertiary/aromatic N) is 2. The molecule has 3 N–H and O–H groups in total. The molecule has 2 amide bonds. The van der Waals surface area contributed by atoms with Crippen LogP contribution in [-0.2, 0) is 12.8 Å². The summed E-state index contributed by atoms with van der Waals surface area (Å²) in [7, 11) is 0. The molecule has 0 spiro atoms. The van der Waals surface area contributed by atoms with E-state index >= 15 is 0 Å². The molecular weight excluding hydrogens is 508 g/mol. The molecule has 0 atom stereocenters. The van der Waals surface area contributed by atoms with Gasteiger partial charge in [-0.1, -0.05) is 22.0 Å². The monoisotopic (exact) mass is 530 g/mol. The molecule has 35 heavy (non-hydrogen) atoms. The fraction of sp³-hybridized carbons (Fsp3) is 0.148. The smallest absolute Gasteiger partial charge is 0.276 e. The lowest BCUT2D eigenvalue weighted by Gasteiger charge is -2.14. The summed E-state index contributed by atoms with van der Waals surface area (Å²) in [6.45, 7) is 0. The summed E-state index contributed by atoms with van der Waals surface area (Å²) in [5.74, 6) is 0.324. The van der Waals surface area contributed by atoms with E-state index in [9.17, 15) is 9.59 Å². The van der Waals surface area contributed by atoms with Crippen molar-refractivity contribution >= 4 is 33.4 Å². The molecule has 0 saturated carbocycles. The van der Waals surface area contributed by atoms with Gasteiger partial charge < -0.3 is 15.8 Å². The van der Waals surface area contributed by atoms with Gasteiger partial charge in [0.2, 0.25) is 5.91 Å². The van der Waals surface area contributed by atoms with E-state index in [1.807, 2.05) is 28.9 Å². The Hall–Kier alpha value is -3.91. The second-order valence-electron chi connectivity index (χ2n) is 8.34. The first-order valence-electron chi connectivity index (χ1n) is 11.3. The zero-order chi connectivity index (χ0) is 24.4. The van der Waals surface area contributed by atoms with Crippen LogP contribution in [0.3, 0.4) is 0 Å². The van der Waals surface area contributed by atoms with Crippen LogP contribution in [0.4, 0.5) is 5.69 Å². The molecule has 0 aliphatic heterocycles. The van der Waals surface area contributed by atoms with Gasteiger partial charge in [-0.2, -0.15) is 5.10 Å². The van der Waals surface area contributed by atoms with Crippen molar-refractivity contribution in [1.29, 1.82) is 0 Å². The number of anilines is 1. The molecular formula is C27H23BrN4O3. The van der Waals surface area contributed by atoms with Crippen molar-refractivity contribution < 1.29 is 14.3 Å². The number of fused-ring (bicyclic) bond motifs is 1. The number of hydrogen-bond donors (Lipinski definition) is 2. The lowest BCUT2D eigenvalue weighted by Crippen LogP contribution is -2.15. The van der Waals surface area contributed by atoms with E-state index in [1.54, 1.807) is 48.5 Å². The third-order valence-corrected chi connectivity index (χ3v) is 6.46. The molecule has 4 aromatic rings. The van der Waals surface area contributed by atoms with Gasteiger partial charge in [0.15, 0.2) is 5.69 Å². The zero-order valence-electron chi connectivity index (χ0n) is 18.8. The first-order chi connectivity index (χ1) is 17.0. The number of halogens is 1. The number of nitrogens with two attached hydrogens (primary N) is 1. The van der Waals surface area contributed by atoms with Crippen molar-refractivity contribution in [2.45, 2.75) is 25.7 Å². The van der Waals surface area contributed by atoms with Gasteiger partial charge >= 0.3 is 0 Å². The van der Waals surface area contributed by atoms with Gasteiger partial charge in [0.1, 0.15) is 11.5 Å². The third kappa shape index (κ3) is 4.97. The summed E-state index contributed by atoms with van der Waals surface area (Å²) in [6, 6.07) is 21.6. The van der Waals surface area contributed by atoms with E-state index in [0.29, 0.717) is 28.4 Å². The van der Waals surface area contributed by atoms with Crippen molar-refractivity contribution in [3.05, 3.63) is 99.8 Å². The van der Waals surface area contributed by atoms with E-state index in [2.05, 4.69) is 21.2 Å². The average Bonchev–Trinajstić information content (AvgIpc) is 3.26. The Kier molecular flexibility index (Phi) is 6.37. The Morgan fingerprint density at radius 2 is 1.69 bits per heavy atom. The zero-order valence-corrected chi connectivity index (χ0v) is 20.4. The van der Waals surface area contributed by atoms with Crippen LogP contribution in [0.25, 0.3) is 5.69 Å². The normalized spacial score (nSPS) is 12.6. The van der Waals surface area contributed by atoms with E-state index in [0.717, 1.165) is 47.1 Å². The minimum absolute atomic E-state index is 0.234. The minimum atomic E-state index is -0.515. The highest BCUT2D eigenvalue weighted by Crippen LogP contribution is 2.29. The van der Waals surface area contributed by atoms with E-state index in [1.165, 1.54) is 0 Å². The molecule has 8 heteroatoms. The first-order valence-corrected chi connectivity index (χ1v) is 12.1. The summed E-state index contributed by atoms with van der Waals surface area (Å²) in [5, 5.41) is 7.67. The summed E-state index contributed by atoms with van der Waals surface area (Å²) < 4.78 is 8.70. The molecule has 3 aromatic carbocycles. The highest BCUT2D eigenvalue weighted by Gasteiger charge is 2.25. The van der Waals surface area contributed by atoms with Crippen LogP contribution in [0.1, 0.15) is 44.9 Å². The number of aromatic nitrogens is 2. The predicted octanol–water partition coefficient (Wildman–Crippen LogP) is 5.66. The number of carbonyl (C=O) groups is 2.